The largest absolute Gasteiger partial charge is 0.393 e. The molecule has 0 atom stereocenters. The number of ether oxygens (including phenoxy) is 2. The Morgan fingerprint density at radius 2 is 2.17 bits per heavy atom. The molecule has 0 aromatic rings. The van der Waals surface area contributed by atoms with Gasteiger partial charge in [-0.05, 0) is 0 Å². The molecule has 2 aliphatic rings. The van der Waals surface area contributed by atoms with Gasteiger partial charge in [-0.3, -0.25) is 0 Å². The first-order valence-electron chi connectivity index (χ1n) is 4.34. The van der Waals surface area contributed by atoms with Crippen molar-refractivity contribution in [2.75, 3.05) is 26.3 Å². The third kappa shape index (κ3) is 1.47. The van der Waals surface area contributed by atoms with E-state index in [1.54, 1.807) is 0 Å². The van der Waals surface area contributed by atoms with Crippen LogP contribution in [-0.2, 0) is 9.47 Å². The van der Waals surface area contributed by atoms with E-state index in [1.165, 1.54) is 0 Å². The lowest BCUT2D eigenvalue weighted by Gasteiger charge is -2.31. The van der Waals surface area contributed by atoms with Crippen LogP contribution in [0.2, 0.25) is 0 Å². The number of piperidine rings is 1. The van der Waals surface area contributed by atoms with Gasteiger partial charge < -0.3 is 19.9 Å². The molecule has 1 spiro atoms. The van der Waals surface area contributed by atoms with Crippen molar-refractivity contribution < 1.29 is 14.6 Å². The van der Waals surface area contributed by atoms with Gasteiger partial charge in [0.2, 0.25) is 0 Å². The molecule has 2 aliphatic heterocycles. The number of aliphatic hydroxyl groups is 1. The highest BCUT2D eigenvalue weighted by Gasteiger charge is 2.42. The summed E-state index contributed by atoms with van der Waals surface area (Å²) in [5.41, 5.74) is 0. The molecule has 12 heavy (non-hydrogen) atoms. The molecule has 0 aromatic heterocycles. The van der Waals surface area contributed by atoms with E-state index in [2.05, 4.69) is 5.32 Å². The van der Waals surface area contributed by atoms with E-state index in [0.717, 1.165) is 25.9 Å². The zero-order chi connectivity index (χ0) is 8.44. The maximum atomic E-state index is 8.82. The molecule has 2 rings (SSSR count). The molecule has 0 unspecified atom stereocenters. The minimum atomic E-state index is -0.413. The van der Waals surface area contributed by atoms with Crippen molar-refractivity contribution in [3.63, 3.8) is 0 Å². The quantitative estimate of drug-likeness (QED) is 0.567. The molecule has 0 saturated carbocycles. The van der Waals surface area contributed by atoms with E-state index in [1.807, 2.05) is 0 Å². The standard InChI is InChI=1S/C8H14NO3/c10-5-7-6-11-8(12-7)1-3-9-4-2-8/h9-10H,1-6H2. The van der Waals surface area contributed by atoms with Crippen molar-refractivity contribution >= 4 is 0 Å². The molecule has 2 fully saturated rings. The lowest BCUT2D eigenvalue weighted by molar-refractivity contribution is -0.172. The third-order valence-electron chi connectivity index (χ3n) is 2.37. The molecule has 2 heterocycles. The molecule has 4 nitrogen and oxygen atoms in total. The Hall–Kier alpha value is -0.160. The molecule has 1 radical (unpaired) electrons. The van der Waals surface area contributed by atoms with Gasteiger partial charge in [0.25, 0.3) is 0 Å². The van der Waals surface area contributed by atoms with E-state index in [9.17, 15) is 0 Å². The Bertz CT molecular complexity index is 156. The van der Waals surface area contributed by atoms with E-state index in [-0.39, 0.29) is 6.61 Å². The number of hydrogen-bond acceptors (Lipinski definition) is 4. The molecule has 0 aromatic carbocycles. The number of aliphatic hydroxyl groups excluding tert-OH is 1. The number of rotatable bonds is 1. The number of nitrogens with one attached hydrogen (secondary N) is 1. The van der Waals surface area contributed by atoms with Gasteiger partial charge in [0.1, 0.15) is 0 Å². The maximum Gasteiger partial charge on any atom is 0.171 e. The highest BCUT2D eigenvalue weighted by atomic mass is 16.7. The molecule has 2 saturated heterocycles. The van der Waals surface area contributed by atoms with Crippen LogP contribution in [-0.4, -0.2) is 37.2 Å². The SMILES string of the molecule is OC[C]1COC2(CCNCC2)O1. The van der Waals surface area contributed by atoms with Crippen LogP contribution in [0.15, 0.2) is 0 Å². The summed E-state index contributed by atoms with van der Waals surface area (Å²) in [4.78, 5) is 0. The Balaban J connectivity index is 1.94. The molecule has 2 N–H and O–H groups in total. The van der Waals surface area contributed by atoms with Crippen LogP contribution in [0.1, 0.15) is 12.8 Å². The topological polar surface area (TPSA) is 50.7 Å². The lowest BCUT2D eigenvalue weighted by Crippen LogP contribution is -2.42. The van der Waals surface area contributed by atoms with Gasteiger partial charge in [0, 0.05) is 25.9 Å². The van der Waals surface area contributed by atoms with Gasteiger partial charge in [-0.2, -0.15) is 0 Å². The highest BCUT2D eigenvalue weighted by Crippen LogP contribution is 2.34. The average molecular weight is 172 g/mol. The Morgan fingerprint density at radius 3 is 2.75 bits per heavy atom. The molecular formula is C8H14NO3. The predicted molar refractivity (Wildman–Crippen MR) is 42.2 cm³/mol. The molecule has 69 valence electrons. The van der Waals surface area contributed by atoms with Crippen molar-refractivity contribution in [3.8, 4) is 0 Å². The first-order chi connectivity index (χ1) is 5.85. The minimum absolute atomic E-state index is 0.0187. The maximum absolute atomic E-state index is 8.82. The third-order valence-corrected chi connectivity index (χ3v) is 2.37. The first-order valence-corrected chi connectivity index (χ1v) is 4.34. The van der Waals surface area contributed by atoms with Crippen LogP contribution in [0, 0.1) is 6.10 Å². The lowest BCUT2D eigenvalue weighted by atomic mass is 10.1. The monoisotopic (exact) mass is 172 g/mol. The molecule has 4 heteroatoms. The van der Waals surface area contributed by atoms with Crippen molar-refractivity contribution in [2.24, 2.45) is 0 Å². The second-order valence-electron chi connectivity index (χ2n) is 3.25. The summed E-state index contributed by atoms with van der Waals surface area (Å²) >= 11 is 0. The van der Waals surface area contributed by atoms with Gasteiger partial charge in [0.05, 0.1) is 13.2 Å². The van der Waals surface area contributed by atoms with Crippen molar-refractivity contribution in [1.29, 1.82) is 0 Å². The van der Waals surface area contributed by atoms with Gasteiger partial charge in [-0.25, -0.2) is 0 Å². The summed E-state index contributed by atoms with van der Waals surface area (Å²) in [7, 11) is 0. The van der Waals surface area contributed by atoms with Crippen LogP contribution in [0.4, 0.5) is 0 Å². The van der Waals surface area contributed by atoms with Crippen LogP contribution in [0.25, 0.3) is 0 Å². The van der Waals surface area contributed by atoms with Crippen LogP contribution in [0.3, 0.4) is 0 Å². The summed E-state index contributed by atoms with van der Waals surface area (Å²) in [6.07, 6.45) is 2.41. The highest BCUT2D eigenvalue weighted by molar-refractivity contribution is 4.92. The van der Waals surface area contributed by atoms with Gasteiger partial charge in [0.15, 0.2) is 11.9 Å². The smallest absolute Gasteiger partial charge is 0.171 e. The molecule has 0 amide bonds. The minimum Gasteiger partial charge on any atom is -0.393 e. The Labute approximate surface area is 71.9 Å². The first kappa shape index (κ1) is 8.44. The van der Waals surface area contributed by atoms with Crippen molar-refractivity contribution in [2.45, 2.75) is 18.6 Å². The van der Waals surface area contributed by atoms with E-state index < -0.39 is 5.79 Å². The van der Waals surface area contributed by atoms with Crippen LogP contribution < -0.4 is 5.32 Å². The summed E-state index contributed by atoms with van der Waals surface area (Å²) < 4.78 is 11.1. The van der Waals surface area contributed by atoms with E-state index in [0.29, 0.717) is 12.7 Å². The fourth-order valence-corrected chi connectivity index (χ4v) is 1.67. The van der Waals surface area contributed by atoms with Crippen molar-refractivity contribution in [1.82, 2.24) is 5.32 Å². The van der Waals surface area contributed by atoms with Crippen LogP contribution in [0.5, 0.6) is 0 Å². The zero-order valence-corrected chi connectivity index (χ0v) is 7.01. The summed E-state index contributed by atoms with van der Waals surface area (Å²) in [6, 6.07) is 0. The second-order valence-corrected chi connectivity index (χ2v) is 3.25. The zero-order valence-electron chi connectivity index (χ0n) is 7.01. The van der Waals surface area contributed by atoms with E-state index in [4.69, 9.17) is 14.6 Å². The fourth-order valence-electron chi connectivity index (χ4n) is 1.67. The van der Waals surface area contributed by atoms with Gasteiger partial charge in [-0.1, -0.05) is 0 Å². The summed E-state index contributed by atoms with van der Waals surface area (Å²) in [6.45, 7) is 2.29. The fraction of sp³-hybridized carbons (Fsp3) is 0.875. The van der Waals surface area contributed by atoms with Gasteiger partial charge in [-0.15, -0.1) is 0 Å². The Morgan fingerprint density at radius 1 is 1.42 bits per heavy atom. The van der Waals surface area contributed by atoms with Crippen LogP contribution >= 0.6 is 0 Å². The molecule has 0 aliphatic carbocycles. The summed E-state index contributed by atoms with van der Waals surface area (Å²) in [5, 5.41) is 12.1. The molecular weight excluding hydrogens is 158 g/mol. The summed E-state index contributed by atoms with van der Waals surface area (Å²) in [5.74, 6) is -0.413. The average Bonchev–Trinajstić information content (AvgIpc) is 2.50. The van der Waals surface area contributed by atoms with Gasteiger partial charge >= 0.3 is 0 Å². The Kier molecular flexibility index (Phi) is 2.32. The normalized spacial score (nSPS) is 29.8. The predicted octanol–water partition coefficient (Wildman–Crippen LogP) is -0.363. The number of hydrogen-bond donors (Lipinski definition) is 2. The van der Waals surface area contributed by atoms with Crippen molar-refractivity contribution in [3.05, 3.63) is 6.10 Å². The van der Waals surface area contributed by atoms with E-state index >= 15 is 0 Å². The second kappa shape index (κ2) is 3.30. The molecule has 0 bridgehead atoms.